The number of nitrogens with zero attached hydrogens (tertiary/aromatic N) is 2. The Labute approximate surface area is 194 Å². The molecule has 1 unspecified atom stereocenters. The van der Waals surface area contributed by atoms with Crippen LogP contribution in [0.4, 0.5) is 0 Å². The van der Waals surface area contributed by atoms with E-state index in [9.17, 15) is 14.7 Å². The normalized spacial score (nSPS) is 18.6. The van der Waals surface area contributed by atoms with Crippen LogP contribution < -0.4 is 4.74 Å². The Hall–Kier alpha value is -2.64. The van der Waals surface area contributed by atoms with Crippen molar-refractivity contribution in [3.63, 3.8) is 0 Å². The molecule has 2 heterocycles. The number of thiophene rings is 1. The van der Waals surface area contributed by atoms with E-state index in [-0.39, 0.29) is 16.7 Å². The second-order valence-corrected chi connectivity index (χ2v) is 10.3. The minimum atomic E-state index is -0.640. The van der Waals surface area contributed by atoms with Crippen LogP contribution in [0.25, 0.3) is 5.76 Å². The molecule has 0 saturated carbocycles. The Morgan fingerprint density at radius 2 is 1.94 bits per heavy atom. The lowest BCUT2D eigenvalue weighted by molar-refractivity contribution is -0.139. The maximum absolute atomic E-state index is 13.1. The van der Waals surface area contributed by atoms with E-state index in [1.807, 2.05) is 42.6 Å². The highest BCUT2D eigenvalue weighted by Gasteiger charge is 2.46. The molecule has 3 rings (SSSR count). The summed E-state index contributed by atoms with van der Waals surface area (Å²) >= 11 is 1.48. The lowest BCUT2D eigenvalue weighted by Crippen LogP contribution is -2.32. The second kappa shape index (κ2) is 9.46. The van der Waals surface area contributed by atoms with Crippen LogP contribution in [0.2, 0.25) is 0 Å². The molecule has 172 valence electrons. The lowest BCUT2D eigenvalue weighted by Gasteiger charge is -2.25. The zero-order valence-corrected chi connectivity index (χ0v) is 20.5. The summed E-state index contributed by atoms with van der Waals surface area (Å²) < 4.78 is 5.50. The van der Waals surface area contributed by atoms with Gasteiger partial charge in [0.05, 0.1) is 18.7 Å². The molecule has 0 aliphatic carbocycles. The average molecular weight is 457 g/mol. The van der Waals surface area contributed by atoms with Gasteiger partial charge in [-0.2, -0.15) is 0 Å². The molecule has 1 saturated heterocycles. The molecule has 0 bridgehead atoms. The topological polar surface area (TPSA) is 70.1 Å². The van der Waals surface area contributed by atoms with Crippen LogP contribution in [0.5, 0.6) is 5.75 Å². The summed E-state index contributed by atoms with van der Waals surface area (Å²) in [5.41, 5.74) is 1.33. The van der Waals surface area contributed by atoms with Crippen LogP contribution in [0.3, 0.4) is 0 Å². The van der Waals surface area contributed by atoms with Gasteiger partial charge in [-0.1, -0.05) is 26.8 Å². The Bertz CT molecular complexity index is 1020. The van der Waals surface area contributed by atoms with Crippen LogP contribution in [0, 0.1) is 0 Å². The van der Waals surface area contributed by atoms with E-state index in [1.54, 1.807) is 24.1 Å². The number of benzene rings is 1. The number of methoxy groups -OCH3 is 1. The lowest BCUT2D eigenvalue weighted by atomic mass is 9.84. The molecule has 1 aliphatic heterocycles. The highest BCUT2D eigenvalue weighted by molar-refractivity contribution is 7.10. The summed E-state index contributed by atoms with van der Waals surface area (Å²) in [6, 6.07) is 8.58. The number of Topliss-reactive ketones (excluding diaryl/α,β-unsaturated/α-hetero) is 1. The van der Waals surface area contributed by atoms with E-state index in [2.05, 4.69) is 20.8 Å². The number of rotatable bonds is 7. The number of aliphatic hydroxyl groups excluding tert-OH is 1. The first-order valence-corrected chi connectivity index (χ1v) is 11.6. The summed E-state index contributed by atoms with van der Waals surface area (Å²) in [5, 5.41) is 13.2. The summed E-state index contributed by atoms with van der Waals surface area (Å²) in [6.07, 6.45) is 0.735. The maximum atomic E-state index is 13.1. The zero-order valence-electron chi connectivity index (χ0n) is 19.6. The van der Waals surface area contributed by atoms with Crippen molar-refractivity contribution in [2.24, 2.45) is 0 Å². The van der Waals surface area contributed by atoms with Crippen molar-refractivity contribution < 1.29 is 19.4 Å². The Morgan fingerprint density at radius 1 is 1.22 bits per heavy atom. The maximum Gasteiger partial charge on any atom is 0.295 e. The van der Waals surface area contributed by atoms with E-state index in [1.165, 1.54) is 11.3 Å². The van der Waals surface area contributed by atoms with Gasteiger partial charge in [-0.3, -0.25) is 9.59 Å². The molecule has 1 atom stereocenters. The minimum absolute atomic E-state index is 0.146. The van der Waals surface area contributed by atoms with Crippen LogP contribution in [-0.2, 0) is 15.0 Å². The number of hydrogen-bond donors (Lipinski definition) is 1. The molecule has 0 radical (unpaired) electrons. The zero-order chi connectivity index (χ0) is 23.6. The Balaban J connectivity index is 2.11. The molecule has 32 heavy (non-hydrogen) atoms. The number of amides is 1. The molecule has 0 spiro atoms. The molecule has 2 aromatic rings. The molecule has 1 aromatic heterocycles. The van der Waals surface area contributed by atoms with Crippen molar-refractivity contribution in [1.29, 1.82) is 0 Å². The molecule has 6 nitrogen and oxygen atoms in total. The van der Waals surface area contributed by atoms with Gasteiger partial charge in [0.15, 0.2) is 0 Å². The number of aliphatic hydroxyl groups is 1. The van der Waals surface area contributed by atoms with Crippen LogP contribution in [-0.4, -0.2) is 60.9 Å². The molecule has 1 amide bonds. The third kappa shape index (κ3) is 4.74. The van der Waals surface area contributed by atoms with E-state index >= 15 is 0 Å². The quantitative estimate of drug-likeness (QED) is 0.379. The van der Waals surface area contributed by atoms with Crippen LogP contribution in [0.15, 0.2) is 41.3 Å². The van der Waals surface area contributed by atoms with Gasteiger partial charge >= 0.3 is 0 Å². The average Bonchev–Trinajstić information content (AvgIpc) is 3.34. The van der Waals surface area contributed by atoms with Gasteiger partial charge in [-0.05, 0) is 62.1 Å². The molecular weight excluding hydrogens is 424 g/mol. The summed E-state index contributed by atoms with van der Waals surface area (Å²) in [5.74, 6) is -0.634. The first-order chi connectivity index (χ1) is 15.1. The fourth-order valence-corrected chi connectivity index (χ4v) is 4.85. The van der Waals surface area contributed by atoms with E-state index in [4.69, 9.17) is 4.74 Å². The van der Waals surface area contributed by atoms with Gasteiger partial charge < -0.3 is 19.6 Å². The van der Waals surface area contributed by atoms with Gasteiger partial charge in [-0.15, -0.1) is 11.3 Å². The number of ketones is 1. The molecule has 1 aromatic carbocycles. The largest absolute Gasteiger partial charge is 0.507 e. The first kappa shape index (κ1) is 24.0. The van der Waals surface area contributed by atoms with Gasteiger partial charge in [0, 0.05) is 22.5 Å². The number of carbonyl (C=O) groups is 2. The first-order valence-electron chi connectivity index (χ1n) is 10.7. The third-order valence-electron chi connectivity index (χ3n) is 5.64. The molecular formula is C25H32N2O4S. The van der Waals surface area contributed by atoms with Gasteiger partial charge in [0.2, 0.25) is 0 Å². The molecule has 1 N–H and O–H groups in total. The van der Waals surface area contributed by atoms with Gasteiger partial charge in [-0.25, -0.2) is 0 Å². The highest BCUT2D eigenvalue weighted by atomic mass is 32.1. The van der Waals surface area contributed by atoms with Gasteiger partial charge in [0.1, 0.15) is 11.5 Å². The van der Waals surface area contributed by atoms with Crippen LogP contribution in [0.1, 0.15) is 49.2 Å². The Morgan fingerprint density at radius 3 is 2.50 bits per heavy atom. The smallest absolute Gasteiger partial charge is 0.295 e. The number of carbonyl (C=O) groups excluding carboxylic acids is 2. The van der Waals surface area contributed by atoms with E-state index < -0.39 is 17.7 Å². The molecule has 1 aliphatic rings. The van der Waals surface area contributed by atoms with Crippen molar-refractivity contribution in [3.8, 4) is 5.75 Å². The fraction of sp³-hybridized carbons (Fsp3) is 0.440. The van der Waals surface area contributed by atoms with Crippen molar-refractivity contribution in [2.75, 3.05) is 34.3 Å². The highest BCUT2D eigenvalue weighted by Crippen LogP contribution is 2.42. The standard InChI is InChI=1S/C25H32N2O4S/c1-25(2,3)17-15-16(10-11-18(17)31-6)22(28)20-21(19-9-7-14-32-19)27(24(30)23(20)29)13-8-12-26(4)5/h7,9-11,14-15,21,28H,8,12-13H2,1-6H3/b22-20-. The molecule has 7 heteroatoms. The monoisotopic (exact) mass is 456 g/mol. The number of likely N-dealkylation sites (tertiary alicyclic amines) is 1. The summed E-state index contributed by atoms with van der Waals surface area (Å²) in [7, 11) is 5.56. The van der Waals surface area contributed by atoms with Gasteiger partial charge in [0.25, 0.3) is 11.7 Å². The van der Waals surface area contributed by atoms with E-state index in [0.717, 1.165) is 23.4 Å². The third-order valence-corrected chi connectivity index (χ3v) is 6.56. The second-order valence-electron chi connectivity index (χ2n) is 9.33. The van der Waals surface area contributed by atoms with E-state index in [0.29, 0.717) is 17.9 Å². The summed E-state index contributed by atoms with van der Waals surface area (Å²) in [6.45, 7) is 7.42. The predicted octanol–water partition coefficient (Wildman–Crippen LogP) is 4.43. The van der Waals surface area contributed by atoms with Crippen molar-refractivity contribution in [1.82, 2.24) is 9.80 Å². The fourth-order valence-electron chi connectivity index (χ4n) is 4.01. The molecule has 1 fully saturated rings. The Kier molecular flexibility index (Phi) is 7.10. The minimum Gasteiger partial charge on any atom is -0.507 e. The summed E-state index contributed by atoms with van der Waals surface area (Å²) in [4.78, 5) is 30.6. The number of hydrogen-bond acceptors (Lipinski definition) is 6. The van der Waals surface area contributed by atoms with Crippen molar-refractivity contribution in [2.45, 2.75) is 38.6 Å². The van der Waals surface area contributed by atoms with Crippen molar-refractivity contribution >= 4 is 28.8 Å². The van der Waals surface area contributed by atoms with Crippen molar-refractivity contribution in [3.05, 3.63) is 57.3 Å². The SMILES string of the molecule is COc1ccc(/C(O)=C2/C(=O)C(=O)N(CCCN(C)C)C2c2cccs2)cc1C(C)(C)C. The number of ether oxygens (including phenoxy) is 1. The van der Waals surface area contributed by atoms with Crippen LogP contribution >= 0.6 is 11.3 Å². The predicted molar refractivity (Wildman–Crippen MR) is 128 cm³/mol.